The van der Waals surface area contributed by atoms with Crippen LogP contribution in [0.1, 0.15) is 5.69 Å². The van der Waals surface area contributed by atoms with Crippen LogP contribution < -0.4 is 15.4 Å². The summed E-state index contributed by atoms with van der Waals surface area (Å²) in [4.78, 5) is 12.6. The summed E-state index contributed by atoms with van der Waals surface area (Å²) in [5.74, 6) is 1.35. The third-order valence-corrected chi connectivity index (χ3v) is 4.66. The van der Waals surface area contributed by atoms with Crippen LogP contribution in [0.2, 0.25) is 0 Å². The summed E-state index contributed by atoms with van der Waals surface area (Å²) in [6.07, 6.45) is -4.06. The maximum Gasteiger partial charge on any atom is 0.433 e. The standard InChI is InChI=1S/C23H26F3N5O3/c1-27-13-17(32)14-34-18-5-3-4-15(10-18)22-30-19(11-21(31-22)28-8-9-33-2)16-6-7-20(29-12-16)23(24,25)26/h3-7,10-12,17,27,32H,8-9,13-14H2,1-2H3,(H,28,30,31). The number of nitrogens with one attached hydrogen (secondary N) is 2. The molecule has 3 aromatic rings. The highest BCUT2D eigenvalue weighted by Crippen LogP contribution is 2.30. The fraction of sp³-hybridized carbons (Fsp3) is 0.348. The van der Waals surface area contributed by atoms with Gasteiger partial charge >= 0.3 is 6.18 Å². The number of anilines is 1. The first-order chi connectivity index (χ1) is 16.3. The van der Waals surface area contributed by atoms with Crippen molar-refractivity contribution in [1.29, 1.82) is 0 Å². The lowest BCUT2D eigenvalue weighted by molar-refractivity contribution is -0.141. The van der Waals surface area contributed by atoms with Crippen molar-refractivity contribution in [2.45, 2.75) is 12.3 Å². The van der Waals surface area contributed by atoms with Crippen molar-refractivity contribution in [2.24, 2.45) is 0 Å². The lowest BCUT2D eigenvalue weighted by Gasteiger charge is -2.13. The number of ether oxygens (including phenoxy) is 2. The highest BCUT2D eigenvalue weighted by Gasteiger charge is 2.32. The Morgan fingerprint density at radius 1 is 1.09 bits per heavy atom. The number of aliphatic hydroxyl groups excluding tert-OH is 1. The van der Waals surface area contributed by atoms with Crippen LogP contribution in [0.4, 0.5) is 19.0 Å². The van der Waals surface area contributed by atoms with Gasteiger partial charge in [0.05, 0.1) is 12.3 Å². The predicted octanol–water partition coefficient (Wildman–Crippen LogP) is 3.24. The lowest BCUT2D eigenvalue weighted by atomic mass is 10.1. The summed E-state index contributed by atoms with van der Waals surface area (Å²) in [5, 5.41) is 15.9. The Labute approximate surface area is 195 Å². The fourth-order valence-electron chi connectivity index (χ4n) is 3.02. The Bertz CT molecular complexity index is 1060. The van der Waals surface area contributed by atoms with Crippen LogP contribution in [0.5, 0.6) is 5.75 Å². The number of methoxy groups -OCH3 is 1. The molecule has 3 rings (SSSR count). The van der Waals surface area contributed by atoms with Crippen LogP contribution >= 0.6 is 0 Å². The molecule has 2 heterocycles. The quantitative estimate of drug-likeness (QED) is 0.362. The highest BCUT2D eigenvalue weighted by molar-refractivity contribution is 5.67. The van der Waals surface area contributed by atoms with Crippen molar-refractivity contribution in [3.05, 3.63) is 54.4 Å². The SMILES string of the molecule is CNCC(O)COc1cccc(-c2nc(NCCOC)cc(-c3ccc(C(F)(F)F)nc3)n2)c1. The van der Waals surface area contributed by atoms with Crippen molar-refractivity contribution in [1.82, 2.24) is 20.3 Å². The number of rotatable bonds is 11. The molecule has 0 aliphatic rings. The molecule has 1 atom stereocenters. The first kappa shape index (κ1) is 25.3. The minimum absolute atomic E-state index is 0.103. The van der Waals surface area contributed by atoms with E-state index in [1.54, 1.807) is 44.5 Å². The average molecular weight is 477 g/mol. The Kier molecular flexibility index (Phi) is 8.74. The molecular weight excluding hydrogens is 451 g/mol. The second-order valence-electron chi connectivity index (χ2n) is 7.36. The smallest absolute Gasteiger partial charge is 0.433 e. The topological polar surface area (TPSA) is 101 Å². The molecule has 0 fully saturated rings. The summed E-state index contributed by atoms with van der Waals surface area (Å²) in [7, 11) is 3.31. The minimum Gasteiger partial charge on any atom is -0.491 e. The number of likely N-dealkylation sites (N-methyl/N-ethyl adjacent to an activating group) is 1. The molecule has 0 radical (unpaired) electrons. The van der Waals surface area contributed by atoms with E-state index in [0.29, 0.717) is 53.9 Å². The van der Waals surface area contributed by atoms with Crippen molar-refractivity contribution in [2.75, 3.05) is 45.8 Å². The molecule has 1 aromatic carbocycles. The zero-order valence-electron chi connectivity index (χ0n) is 18.8. The van der Waals surface area contributed by atoms with Crippen LogP contribution in [0.15, 0.2) is 48.7 Å². The van der Waals surface area contributed by atoms with E-state index in [4.69, 9.17) is 9.47 Å². The van der Waals surface area contributed by atoms with Crippen LogP contribution in [0.3, 0.4) is 0 Å². The molecule has 0 saturated heterocycles. The minimum atomic E-state index is -4.52. The molecule has 0 amide bonds. The van der Waals surface area contributed by atoms with Crippen molar-refractivity contribution in [3.63, 3.8) is 0 Å². The van der Waals surface area contributed by atoms with Gasteiger partial charge in [0, 0.05) is 43.6 Å². The summed E-state index contributed by atoms with van der Waals surface area (Å²) in [5.41, 5.74) is 0.474. The molecule has 3 N–H and O–H groups in total. The van der Waals surface area contributed by atoms with Gasteiger partial charge < -0.3 is 25.2 Å². The molecule has 182 valence electrons. The largest absolute Gasteiger partial charge is 0.491 e. The third kappa shape index (κ3) is 7.11. The van der Waals surface area contributed by atoms with Crippen molar-refractivity contribution >= 4 is 5.82 Å². The van der Waals surface area contributed by atoms with E-state index in [0.717, 1.165) is 12.3 Å². The molecule has 0 aliphatic carbocycles. The van der Waals surface area contributed by atoms with Crippen molar-refractivity contribution < 1.29 is 27.8 Å². The first-order valence-corrected chi connectivity index (χ1v) is 10.5. The van der Waals surface area contributed by atoms with E-state index in [1.807, 2.05) is 0 Å². The Morgan fingerprint density at radius 2 is 1.91 bits per heavy atom. The number of pyridine rings is 1. The summed E-state index contributed by atoms with van der Waals surface area (Å²) in [6, 6.07) is 10.9. The van der Waals surface area contributed by atoms with Crippen LogP contribution in [0.25, 0.3) is 22.6 Å². The number of benzene rings is 1. The van der Waals surface area contributed by atoms with E-state index >= 15 is 0 Å². The predicted molar refractivity (Wildman–Crippen MR) is 121 cm³/mol. The molecule has 0 aliphatic heterocycles. The number of hydrogen-bond acceptors (Lipinski definition) is 8. The number of alkyl halides is 3. The molecular formula is C23H26F3N5O3. The zero-order valence-corrected chi connectivity index (χ0v) is 18.8. The van der Waals surface area contributed by atoms with Gasteiger partial charge in [-0.15, -0.1) is 0 Å². The Hall–Kier alpha value is -3.28. The highest BCUT2D eigenvalue weighted by atomic mass is 19.4. The number of aromatic nitrogens is 3. The van der Waals surface area contributed by atoms with Gasteiger partial charge in [0.25, 0.3) is 0 Å². The van der Waals surface area contributed by atoms with Crippen molar-refractivity contribution in [3.8, 4) is 28.4 Å². The van der Waals surface area contributed by atoms with E-state index < -0.39 is 18.0 Å². The number of halogens is 3. The van der Waals surface area contributed by atoms with E-state index in [-0.39, 0.29) is 6.61 Å². The van der Waals surface area contributed by atoms with Gasteiger partial charge in [-0.2, -0.15) is 13.2 Å². The van der Waals surface area contributed by atoms with E-state index in [1.165, 1.54) is 6.07 Å². The van der Waals surface area contributed by atoms with Gasteiger partial charge in [-0.3, -0.25) is 4.98 Å². The fourth-order valence-corrected chi connectivity index (χ4v) is 3.02. The summed E-state index contributed by atoms with van der Waals surface area (Å²) in [6.45, 7) is 1.41. The molecule has 11 heteroatoms. The van der Waals surface area contributed by atoms with Gasteiger partial charge in [-0.25, -0.2) is 9.97 Å². The molecule has 8 nitrogen and oxygen atoms in total. The Morgan fingerprint density at radius 3 is 2.59 bits per heavy atom. The molecule has 0 spiro atoms. The summed E-state index contributed by atoms with van der Waals surface area (Å²) >= 11 is 0. The van der Waals surface area contributed by atoms with Gasteiger partial charge in [0.2, 0.25) is 0 Å². The maximum atomic E-state index is 12.9. The second-order valence-corrected chi connectivity index (χ2v) is 7.36. The van der Waals surface area contributed by atoms with Crippen LogP contribution in [-0.2, 0) is 10.9 Å². The lowest BCUT2D eigenvalue weighted by Crippen LogP contribution is -2.29. The molecule has 0 saturated carbocycles. The number of hydrogen-bond donors (Lipinski definition) is 3. The van der Waals surface area contributed by atoms with Gasteiger partial charge in [-0.05, 0) is 31.3 Å². The van der Waals surface area contributed by atoms with Gasteiger partial charge in [-0.1, -0.05) is 12.1 Å². The average Bonchev–Trinajstić information content (AvgIpc) is 2.83. The summed E-state index contributed by atoms with van der Waals surface area (Å²) < 4.78 is 49.4. The third-order valence-electron chi connectivity index (χ3n) is 4.66. The maximum absolute atomic E-state index is 12.9. The Balaban J connectivity index is 1.92. The van der Waals surface area contributed by atoms with Gasteiger partial charge in [0.15, 0.2) is 5.82 Å². The second kappa shape index (κ2) is 11.7. The van der Waals surface area contributed by atoms with E-state index in [9.17, 15) is 18.3 Å². The number of nitrogens with zero attached hydrogens (tertiary/aromatic N) is 3. The zero-order chi connectivity index (χ0) is 24.6. The number of aliphatic hydroxyl groups is 1. The van der Waals surface area contributed by atoms with Gasteiger partial charge in [0.1, 0.15) is 30.0 Å². The van der Waals surface area contributed by atoms with E-state index in [2.05, 4.69) is 25.6 Å². The molecule has 0 bridgehead atoms. The molecule has 2 aromatic heterocycles. The first-order valence-electron chi connectivity index (χ1n) is 10.5. The monoisotopic (exact) mass is 477 g/mol. The van der Waals surface area contributed by atoms with Crippen LogP contribution in [0, 0.1) is 0 Å². The molecule has 1 unspecified atom stereocenters. The molecule has 34 heavy (non-hydrogen) atoms. The van der Waals surface area contributed by atoms with Crippen LogP contribution in [-0.4, -0.2) is 66.6 Å². The normalized spacial score (nSPS) is 12.4.